The predicted molar refractivity (Wildman–Crippen MR) is 619 cm³/mol. The van der Waals surface area contributed by atoms with Gasteiger partial charge in [-0.3, -0.25) is 15.0 Å². The lowest BCUT2D eigenvalue weighted by Gasteiger charge is -1.98. The van der Waals surface area contributed by atoms with Gasteiger partial charge in [-0.2, -0.15) is 0 Å². The van der Waals surface area contributed by atoms with Gasteiger partial charge in [0.1, 0.15) is 32.2 Å². The number of anilines is 1. The van der Waals surface area contributed by atoms with Gasteiger partial charge in [0.25, 0.3) is 0 Å². The first kappa shape index (κ1) is 108. The molecule has 0 aliphatic rings. The Kier molecular flexibility index (Phi) is 38.6. The number of pyridine rings is 8. The molecule has 0 spiro atoms. The number of benzene rings is 6. The number of hydrogen-bond acceptors (Lipinski definition) is 13. The van der Waals surface area contributed by atoms with Crippen LogP contribution in [-0.2, 0) is 0 Å². The topological polar surface area (TPSA) is 240 Å². The summed E-state index contributed by atoms with van der Waals surface area (Å²) in [7, 11) is 0. The van der Waals surface area contributed by atoms with E-state index in [2.05, 4.69) is 196 Å². The molecule has 0 amide bonds. The molecule has 9 N–H and O–H groups in total. The van der Waals surface area contributed by atoms with E-state index in [0.29, 0.717) is 26.2 Å². The van der Waals surface area contributed by atoms with E-state index >= 15 is 0 Å². The van der Waals surface area contributed by atoms with Gasteiger partial charge in [0.15, 0.2) is 0 Å². The first-order valence-electron chi connectivity index (χ1n) is 44.0. The third-order valence-electron chi connectivity index (χ3n) is 21.1. The molecule has 25 aromatic rings. The molecule has 0 unspecified atom stereocenters. The van der Waals surface area contributed by atoms with Crippen LogP contribution in [0.1, 0.15) is 75.8 Å². The molecule has 0 aliphatic heterocycles. The maximum absolute atomic E-state index is 5.89. The molecule has 0 atom stereocenters. The Morgan fingerprint density at radius 2 is 0.817 bits per heavy atom. The average molecular weight is 2200 g/mol. The summed E-state index contributed by atoms with van der Waals surface area (Å²) in [6.45, 7) is 28.5. The van der Waals surface area contributed by atoms with Crippen molar-refractivity contribution in [2.24, 2.45) is 0 Å². The fraction of sp³-hybridized carbons (Fsp3) is 0.127. The first-order chi connectivity index (χ1) is 67.8. The molecular formula is C110H96Cl12N16S4. The molecule has 19 aromatic heterocycles. The highest BCUT2D eigenvalue weighted by Crippen LogP contribution is 2.34. The van der Waals surface area contributed by atoms with Gasteiger partial charge in [-0.05, 0) is 300 Å². The van der Waals surface area contributed by atoms with Gasteiger partial charge in [-0.1, -0.05) is 187 Å². The zero-order valence-electron chi connectivity index (χ0n) is 79.3. The normalized spacial score (nSPS) is 10.6. The summed E-state index contributed by atoms with van der Waals surface area (Å²) >= 11 is 76.0. The Morgan fingerprint density at radius 3 is 1.54 bits per heavy atom. The van der Waals surface area contributed by atoms with Crippen LogP contribution in [0, 0.1) is 96.9 Å². The van der Waals surface area contributed by atoms with Crippen molar-refractivity contribution in [1.82, 2.24) is 74.8 Å². The molecule has 724 valence electrons. The SMILES string of the molecule is Cc1cc2[nH]cc(Cl)c2cn1.Cc1cc2cc(Cl)ccc2[nH]1.Cc1cc2cc(Cl)cnc2[nH]1.Cc1cc2ccc(Cl)cc2s1.Cc1cc2ccc(Cl)nc2s1.Cc1cc2ccnc(N)c2[nH]1.Cc1cc2ncc(Cl)cc2s1.Cc1ccc2c(C)c[nH]c2c1.Cc1ccc2c(Cl)c[nH]c2c1.Cc1ccc2c(Cl)c[nH]c2n1.Cc1ccc2nc(Cl)ccc2c1.Cc1cnc2cc(Cl)ccc2c1.Cc1sc(Cl)cc1Cl. The fourth-order valence-corrected chi connectivity index (χ4v) is 20.5. The summed E-state index contributed by atoms with van der Waals surface area (Å²) in [6, 6.07) is 72.0. The second-order valence-electron chi connectivity index (χ2n) is 33.0. The average Bonchev–Trinajstić information content (AvgIpc) is 1.79. The number of aromatic amines is 7. The highest BCUT2D eigenvalue weighted by molar-refractivity contribution is 7.19. The van der Waals surface area contributed by atoms with Crippen LogP contribution >= 0.6 is 185 Å². The number of aromatic nitrogens is 15. The fourth-order valence-electron chi connectivity index (χ4n) is 14.4. The molecular weight excluding hydrogens is 2100 g/mol. The third-order valence-corrected chi connectivity index (χ3v) is 28.2. The predicted octanol–water partition coefficient (Wildman–Crippen LogP) is 38.2. The number of rotatable bonds is 0. The number of fused-ring (bicyclic) bond motifs is 12. The Hall–Kier alpha value is -11.3. The number of thiophene rings is 4. The van der Waals surface area contributed by atoms with Crippen molar-refractivity contribution >= 4 is 319 Å². The van der Waals surface area contributed by atoms with E-state index in [9.17, 15) is 0 Å². The zero-order chi connectivity index (χ0) is 102. The molecule has 142 heavy (non-hydrogen) atoms. The van der Waals surface area contributed by atoms with Crippen molar-refractivity contribution in [3.63, 3.8) is 0 Å². The highest BCUT2D eigenvalue weighted by Gasteiger charge is 2.10. The number of nitrogens with two attached hydrogens (primary N) is 1. The van der Waals surface area contributed by atoms with E-state index in [-0.39, 0.29) is 0 Å². The summed E-state index contributed by atoms with van der Waals surface area (Å²) in [5.74, 6) is 0.565. The molecule has 19 heterocycles. The van der Waals surface area contributed by atoms with Crippen molar-refractivity contribution in [2.75, 3.05) is 5.73 Å². The number of halogens is 12. The number of aryl methyl sites for hydroxylation is 14. The minimum atomic E-state index is 0.548. The van der Waals surface area contributed by atoms with Gasteiger partial charge >= 0.3 is 0 Å². The van der Waals surface area contributed by atoms with E-state index < -0.39 is 0 Å². The smallest absolute Gasteiger partial charge is 0.147 e. The number of nitrogens with one attached hydrogen (secondary N) is 7. The van der Waals surface area contributed by atoms with Crippen LogP contribution in [-0.4, -0.2) is 74.8 Å². The Balaban J connectivity index is 0.000000129. The van der Waals surface area contributed by atoms with Crippen molar-refractivity contribution in [3.8, 4) is 0 Å². The van der Waals surface area contributed by atoms with Crippen molar-refractivity contribution in [1.29, 1.82) is 0 Å². The van der Waals surface area contributed by atoms with Crippen molar-refractivity contribution < 1.29 is 0 Å². The minimum Gasteiger partial charge on any atom is -0.382 e. The molecule has 32 heteroatoms. The van der Waals surface area contributed by atoms with Gasteiger partial charge in [-0.25, -0.2) is 24.9 Å². The number of H-pyrrole nitrogens is 7. The van der Waals surface area contributed by atoms with E-state index in [1.165, 1.54) is 91.2 Å². The monoisotopic (exact) mass is 2190 g/mol. The lowest BCUT2D eigenvalue weighted by atomic mass is 10.1. The molecule has 0 radical (unpaired) electrons. The van der Waals surface area contributed by atoms with Crippen LogP contribution in [0.4, 0.5) is 5.82 Å². The van der Waals surface area contributed by atoms with E-state index in [0.717, 1.165) is 164 Å². The van der Waals surface area contributed by atoms with Gasteiger partial charge in [0.05, 0.1) is 66.8 Å². The summed E-state index contributed by atoms with van der Waals surface area (Å²) < 4.78 is 3.19. The molecule has 0 bridgehead atoms. The van der Waals surface area contributed by atoms with Crippen LogP contribution in [0.25, 0.3) is 129 Å². The maximum Gasteiger partial charge on any atom is 0.147 e. The molecule has 0 saturated carbocycles. The second-order valence-corrected chi connectivity index (χ2v) is 43.3. The van der Waals surface area contributed by atoms with Crippen LogP contribution in [0.2, 0.25) is 59.8 Å². The van der Waals surface area contributed by atoms with Crippen LogP contribution in [0.5, 0.6) is 0 Å². The Labute approximate surface area is 897 Å². The summed E-state index contributed by atoms with van der Waals surface area (Å²) in [5.41, 5.74) is 27.5. The van der Waals surface area contributed by atoms with Crippen molar-refractivity contribution in [3.05, 3.63) is 410 Å². The summed E-state index contributed by atoms with van der Waals surface area (Å²) in [6.07, 6.45) is 16.0. The molecule has 0 fully saturated rings. The van der Waals surface area contributed by atoms with Gasteiger partial charge in [0.2, 0.25) is 0 Å². The molecule has 16 nitrogen and oxygen atoms in total. The standard InChI is InChI=1S/2C10H8ClN.C10H11N.2C9H8ClN.C9H7ClS.3C8H7ClN2.2C8H6ClNS.C8H9N3.C5H4Cl2S/c1-7-2-4-9-8(6-7)3-5-10(11)12-9;1-7-4-8-2-3-9(11)5-10(8)12-6-7;1-7-3-4-9-8(2)6-11-10(9)5-7;1-6-4-7-5-8(10)2-3-9(7)11-6;1-6-2-3-7-8(10)5-11-9(7)4-6;1-6-4-7-2-3-8(10)5-9(7)11-6;1-5-2-8-6(3-10-5)7(9)4-11-8;1-5-2-6-3-7(9)4-10-8(6)11-5;1-5-2-3-6-7(9)4-10-8(6)11-5;1-5-2-7-8(11-5)3-6(9)4-10-7;1-5-4-6-2-3-7(9)10-8(6)11-5;1-5-4-6-2-3-10-8(9)7(6)11-5;1-3-4(6)2-5(7)8-3/h2*2-6H,1H3;3-6,11H,1-2H3;2*2-5,11H,1H3;2-5H,1H3;2-4,11H,1H3;2*2-4H,1H3,(H,10,11);2*2-4H,1H3;2-4,11H,1H3,(H2,9,10);2H,1H3. The van der Waals surface area contributed by atoms with Crippen LogP contribution < -0.4 is 5.73 Å². The maximum atomic E-state index is 5.89. The van der Waals surface area contributed by atoms with Gasteiger partial charge in [0, 0.05) is 194 Å². The quantitative estimate of drug-likeness (QED) is 0.0673. The van der Waals surface area contributed by atoms with Gasteiger partial charge in [-0.15, -0.1) is 45.3 Å². The zero-order valence-corrected chi connectivity index (χ0v) is 91.6. The third kappa shape index (κ3) is 31.1. The number of nitrogen functional groups attached to an aromatic ring is 1. The lowest BCUT2D eigenvalue weighted by molar-refractivity contribution is 1.22. The minimum absolute atomic E-state index is 0.548. The second kappa shape index (κ2) is 50.8. The first-order valence-corrected chi connectivity index (χ1v) is 51.8. The van der Waals surface area contributed by atoms with Gasteiger partial charge < -0.3 is 40.6 Å². The largest absolute Gasteiger partial charge is 0.382 e. The van der Waals surface area contributed by atoms with E-state index in [1.54, 1.807) is 77.3 Å². The number of nitrogens with zero attached hydrogens (tertiary/aromatic N) is 8. The number of hydrogen-bond donors (Lipinski definition) is 8. The lowest BCUT2D eigenvalue weighted by Crippen LogP contribution is -1.89. The molecule has 6 aromatic carbocycles. The highest BCUT2D eigenvalue weighted by atomic mass is 35.5. The van der Waals surface area contributed by atoms with Crippen LogP contribution in [0.15, 0.2) is 274 Å². The molecule has 0 saturated heterocycles. The summed E-state index contributed by atoms with van der Waals surface area (Å²) in [5, 5.41) is 20.4. The molecule has 0 aliphatic carbocycles. The summed E-state index contributed by atoms with van der Waals surface area (Å²) in [4.78, 5) is 61.1. The Morgan fingerprint density at radius 1 is 0.282 bits per heavy atom. The van der Waals surface area contributed by atoms with Crippen molar-refractivity contribution in [2.45, 2.75) is 96.9 Å². The Bertz CT molecular complexity index is 7620. The molecule has 25 rings (SSSR count). The van der Waals surface area contributed by atoms with E-state index in [4.69, 9.17) is 145 Å². The van der Waals surface area contributed by atoms with Crippen LogP contribution in [0.3, 0.4) is 0 Å². The van der Waals surface area contributed by atoms with E-state index in [1.807, 2.05) is 207 Å².